The van der Waals surface area contributed by atoms with Crippen LogP contribution in [0.2, 0.25) is 0 Å². The molecule has 0 spiro atoms. The minimum Gasteiger partial charge on any atom is -0.469 e. The predicted octanol–water partition coefficient (Wildman–Crippen LogP) is 3.08. The molecule has 0 amide bonds. The fourth-order valence-corrected chi connectivity index (χ4v) is 3.09. The Morgan fingerprint density at radius 3 is 2.70 bits per heavy atom. The number of hydrogen-bond acceptors (Lipinski definition) is 11. The second-order valence-corrected chi connectivity index (χ2v) is 7.02. The van der Waals surface area contributed by atoms with Crippen molar-refractivity contribution in [3.05, 3.63) is 40.6 Å². The van der Waals surface area contributed by atoms with E-state index in [1.807, 2.05) is 0 Å². The van der Waals surface area contributed by atoms with Gasteiger partial charge in [0.1, 0.15) is 12.1 Å². The summed E-state index contributed by atoms with van der Waals surface area (Å²) in [4.78, 5) is 44.2. The van der Waals surface area contributed by atoms with Gasteiger partial charge in [-0.2, -0.15) is 0 Å². The second kappa shape index (κ2) is 13.7. The van der Waals surface area contributed by atoms with Crippen LogP contribution in [0.5, 0.6) is 0 Å². The lowest BCUT2D eigenvalue weighted by molar-refractivity contribution is -0.383. The minimum atomic E-state index is -0.547. The number of furan rings is 1. The number of esters is 2. The summed E-state index contributed by atoms with van der Waals surface area (Å²) in [6.45, 7) is 2.71. The van der Waals surface area contributed by atoms with Crippen LogP contribution in [-0.4, -0.2) is 53.6 Å². The average Bonchev–Trinajstić information content (AvgIpc) is 3.31. The van der Waals surface area contributed by atoms with Gasteiger partial charge in [0.25, 0.3) is 0 Å². The summed E-state index contributed by atoms with van der Waals surface area (Å²) in [5.74, 6) is 0.0387. The van der Waals surface area contributed by atoms with Crippen LogP contribution < -0.4 is 10.2 Å². The van der Waals surface area contributed by atoms with Crippen molar-refractivity contribution in [1.82, 2.24) is 9.97 Å². The summed E-state index contributed by atoms with van der Waals surface area (Å²) >= 11 is 0. The quantitative estimate of drug-likeness (QED) is 0.180. The van der Waals surface area contributed by atoms with Gasteiger partial charge in [0.05, 0.1) is 37.9 Å². The Balaban J connectivity index is 2.14. The molecule has 0 saturated carbocycles. The van der Waals surface area contributed by atoms with Gasteiger partial charge < -0.3 is 24.1 Å². The van der Waals surface area contributed by atoms with Gasteiger partial charge >= 0.3 is 17.6 Å². The Morgan fingerprint density at radius 2 is 2.03 bits per heavy atom. The third-order valence-corrected chi connectivity index (χ3v) is 4.68. The fraction of sp³-hybridized carbons (Fsp3) is 0.524. The molecule has 2 heterocycles. The van der Waals surface area contributed by atoms with Crippen molar-refractivity contribution in [3.63, 3.8) is 0 Å². The molecule has 12 nitrogen and oxygen atoms in total. The number of carbonyl (C=O) groups is 2. The molecule has 2 aromatic rings. The molecule has 0 bridgehead atoms. The van der Waals surface area contributed by atoms with Crippen molar-refractivity contribution >= 4 is 29.3 Å². The molecule has 180 valence electrons. The standard InChI is InChI=1S/C21H29N5O7/c1-3-32-18(28)10-12-25(14-16-8-7-13-33-16)21-19(26(29)30)20(23-15-24-21)22-11-6-4-5-9-17(27)31-2/h7-8,13,15H,3-6,9-12,14H2,1-2H3,(H,22,23,24). The van der Waals surface area contributed by atoms with Crippen LogP contribution in [0.4, 0.5) is 17.3 Å². The lowest BCUT2D eigenvalue weighted by Gasteiger charge is -2.22. The van der Waals surface area contributed by atoms with Gasteiger partial charge in [-0.3, -0.25) is 19.7 Å². The van der Waals surface area contributed by atoms with Crippen LogP contribution in [-0.2, 0) is 25.6 Å². The van der Waals surface area contributed by atoms with E-state index < -0.39 is 10.9 Å². The van der Waals surface area contributed by atoms with Gasteiger partial charge in [0.15, 0.2) is 0 Å². The first-order chi connectivity index (χ1) is 16.0. The predicted molar refractivity (Wildman–Crippen MR) is 119 cm³/mol. The van der Waals surface area contributed by atoms with Crippen LogP contribution in [0.15, 0.2) is 29.1 Å². The van der Waals surface area contributed by atoms with E-state index in [1.54, 1.807) is 24.0 Å². The van der Waals surface area contributed by atoms with Crippen molar-refractivity contribution in [1.29, 1.82) is 0 Å². The molecular weight excluding hydrogens is 434 g/mol. The molecule has 0 aromatic carbocycles. The molecule has 0 aliphatic rings. The Bertz CT molecular complexity index is 904. The van der Waals surface area contributed by atoms with Crippen molar-refractivity contribution in [2.75, 3.05) is 37.0 Å². The van der Waals surface area contributed by atoms with Gasteiger partial charge in [-0.15, -0.1) is 0 Å². The van der Waals surface area contributed by atoms with Crippen molar-refractivity contribution in [2.45, 2.75) is 45.6 Å². The number of anilines is 2. The van der Waals surface area contributed by atoms with Gasteiger partial charge in [-0.1, -0.05) is 6.42 Å². The number of nitro groups is 1. The zero-order valence-electron chi connectivity index (χ0n) is 18.8. The molecule has 0 aliphatic carbocycles. The molecule has 0 radical (unpaired) electrons. The average molecular weight is 463 g/mol. The number of hydrogen-bond donors (Lipinski definition) is 1. The maximum atomic E-state index is 11.9. The number of unbranched alkanes of at least 4 members (excludes halogenated alkanes) is 2. The molecule has 0 unspecified atom stereocenters. The fourth-order valence-electron chi connectivity index (χ4n) is 3.09. The third kappa shape index (κ3) is 8.39. The van der Waals surface area contributed by atoms with Gasteiger partial charge in [0, 0.05) is 19.5 Å². The highest BCUT2D eigenvalue weighted by molar-refractivity contribution is 5.73. The van der Waals surface area contributed by atoms with Gasteiger partial charge in [-0.25, -0.2) is 9.97 Å². The lowest BCUT2D eigenvalue weighted by Crippen LogP contribution is -2.28. The molecule has 12 heteroatoms. The highest BCUT2D eigenvalue weighted by Gasteiger charge is 2.28. The van der Waals surface area contributed by atoms with Crippen molar-refractivity contribution < 1.29 is 28.4 Å². The number of aromatic nitrogens is 2. The zero-order valence-corrected chi connectivity index (χ0v) is 18.8. The topological polar surface area (TPSA) is 150 Å². The number of ether oxygens (including phenoxy) is 2. The Labute approximate surface area is 191 Å². The maximum Gasteiger partial charge on any atom is 0.353 e. The van der Waals surface area contributed by atoms with E-state index in [0.29, 0.717) is 31.6 Å². The maximum absolute atomic E-state index is 11.9. The third-order valence-electron chi connectivity index (χ3n) is 4.68. The first kappa shape index (κ1) is 25.6. The summed E-state index contributed by atoms with van der Waals surface area (Å²) in [6.07, 6.45) is 5.19. The monoisotopic (exact) mass is 463 g/mol. The van der Waals surface area contributed by atoms with Gasteiger partial charge in [-0.05, 0) is 31.9 Å². The number of methoxy groups -OCH3 is 1. The normalized spacial score (nSPS) is 10.5. The number of nitrogens with one attached hydrogen (secondary N) is 1. The summed E-state index contributed by atoms with van der Waals surface area (Å²) in [6, 6.07) is 3.44. The van der Waals surface area contributed by atoms with E-state index in [9.17, 15) is 19.7 Å². The second-order valence-electron chi connectivity index (χ2n) is 7.02. The summed E-state index contributed by atoms with van der Waals surface area (Å²) < 4.78 is 15.0. The highest BCUT2D eigenvalue weighted by atomic mass is 16.6. The van der Waals surface area contributed by atoms with E-state index in [-0.39, 0.29) is 49.4 Å². The van der Waals surface area contributed by atoms with Crippen LogP contribution in [0.25, 0.3) is 0 Å². The van der Waals surface area contributed by atoms with Crippen LogP contribution >= 0.6 is 0 Å². The van der Waals surface area contributed by atoms with E-state index in [0.717, 1.165) is 6.42 Å². The molecule has 33 heavy (non-hydrogen) atoms. The highest BCUT2D eigenvalue weighted by Crippen LogP contribution is 2.33. The summed E-state index contributed by atoms with van der Waals surface area (Å²) in [5.41, 5.74) is -0.289. The van der Waals surface area contributed by atoms with Crippen molar-refractivity contribution in [2.24, 2.45) is 0 Å². The van der Waals surface area contributed by atoms with Crippen LogP contribution in [0.3, 0.4) is 0 Å². The van der Waals surface area contributed by atoms with E-state index in [1.165, 1.54) is 19.7 Å². The minimum absolute atomic E-state index is 0.0265. The van der Waals surface area contributed by atoms with Crippen LogP contribution in [0, 0.1) is 10.1 Å². The SMILES string of the molecule is CCOC(=O)CCN(Cc1ccco1)c1ncnc(NCCCCCC(=O)OC)c1[N+](=O)[O-]. The molecule has 2 rings (SSSR count). The first-order valence-corrected chi connectivity index (χ1v) is 10.7. The summed E-state index contributed by atoms with van der Waals surface area (Å²) in [7, 11) is 1.34. The first-order valence-electron chi connectivity index (χ1n) is 10.7. The number of nitrogens with zero attached hydrogens (tertiary/aromatic N) is 4. The number of rotatable bonds is 15. The van der Waals surface area contributed by atoms with E-state index in [4.69, 9.17) is 9.15 Å². The summed E-state index contributed by atoms with van der Waals surface area (Å²) in [5, 5.41) is 14.9. The van der Waals surface area contributed by atoms with Crippen molar-refractivity contribution in [3.8, 4) is 0 Å². The van der Waals surface area contributed by atoms with E-state index >= 15 is 0 Å². The molecule has 0 fully saturated rings. The molecule has 2 aromatic heterocycles. The Kier molecular flexibility index (Phi) is 10.6. The zero-order chi connectivity index (χ0) is 24.1. The molecule has 1 N–H and O–H groups in total. The lowest BCUT2D eigenvalue weighted by atomic mass is 10.2. The number of carbonyl (C=O) groups excluding carboxylic acids is 2. The molecular formula is C21H29N5O7. The molecule has 0 saturated heterocycles. The molecule has 0 atom stereocenters. The Morgan fingerprint density at radius 1 is 1.21 bits per heavy atom. The van der Waals surface area contributed by atoms with Crippen LogP contribution in [0.1, 0.15) is 44.8 Å². The van der Waals surface area contributed by atoms with Gasteiger partial charge in [0.2, 0.25) is 11.6 Å². The largest absolute Gasteiger partial charge is 0.469 e. The Hall–Kier alpha value is -3.70. The molecule has 0 aliphatic heterocycles. The smallest absolute Gasteiger partial charge is 0.353 e. The van der Waals surface area contributed by atoms with E-state index in [2.05, 4.69) is 20.0 Å².